The predicted molar refractivity (Wildman–Crippen MR) is 104 cm³/mol. The molecule has 8 nitrogen and oxygen atoms in total. The van der Waals surface area contributed by atoms with Crippen LogP contribution >= 0.6 is 11.3 Å². The van der Waals surface area contributed by atoms with E-state index < -0.39 is 33.5 Å². The number of amides is 1. The van der Waals surface area contributed by atoms with Crippen molar-refractivity contribution in [2.24, 2.45) is 5.92 Å². The van der Waals surface area contributed by atoms with Gasteiger partial charge in [-0.05, 0) is 36.4 Å². The molecule has 1 fully saturated rings. The Morgan fingerprint density at radius 1 is 1.27 bits per heavy atom. The molecule has 0 spiro atoms. The highest BCUT2D eigenvalue weighted by Crippen LogP contribution is 2.28. The molecule has 0 aliphatic carbocycles. The first-order valence-electron chi connectivity index (χ1n) is 8.98. The Hall–Kier alpha value is -2.70. The molecule has 4 rings (SSSR count). The molecule has 3 heterocycles. The third-order valence-corrected chi connectivity index (χ3v) is 7.90. The van der Waals surface area contributed by atoms with Crippen molar-refractivity contribution in [1.82, 2.24) is 14.5 Å². The third kappa shape index (κ3) is 4.11. The molecule has 1 aliphatic rings. The lowest BCUT2D eigenvalue weighted by atomic mass is 9.99. The second-order valence-electron chi connectivity index (χ2n) is 6.66. The summed E-state index contributed by atoms with van der Waals surface area (Å²) in [5.41, 5.74) is -0.102. The number of sulfonamides is 1. The molecule has 1 aromatic carbocycles. The van der Waals surface area contributed by atoms with Crippen molar-refractivity contribution in [3.8, 4) is 11.5 Å². The molecule has 1 amide bonds. The smallest absolute Gasteiger partial charge is 0.322 e. The molecule has 1 unspecified atom stereocenters. The summed E-state index contributed by atoms with van der Waals surface area (Å²) in [4.78, 5) is 12.6. The summed E-state index contributed by atoms with van der Waals surface area (Å²) in [6.07, 6.45) is 1.02. The van der Waals surface area contributed by atoms with E-state index in [1.165, 1.54) is 10.4 Å². The summed E-state index contributed by atoms with van der Waals surface area (Å²) in [6, 6.07) is 5.81. The maximum Gasteiger partial charge on any atom is 0.322 e. The minimum absolute atomic E-state index is 0.0274. The number of carbonyl (C=O) groups excluding carboxylic acids is 1. The van der Waals surface area contributed by atoms with Gasteiger partial charge in [0.1, 0.15) is 15.8 Å². The maximum atomic E-state index is 13.9. The number of hydrogen-bond acceptors (Lipinski definition) is 7. The van der Waals surface area contributed by atoms with Crippen molar-refractivity contribution in [2.75, 3.05) is 18.4 Å². The number of anilines is 1. The summed E-state index contributed by atoms with van der Waals surface area (Å²) >= 11 is 1.12. The Bertz CT molecular complexity index is 1160. The number of halogens is 2. The molecule has 1 saturated heterocycles. The van der Waals surface area contributed by atoms with Crippen molar-refractivity contribution in [2.45, 2.75) is 17.1 Å². The minimum Gasteiger partial charge on any atom is -0.403 e. The van der Waals surface area contributed by atoms with Gasteiger partial charge in [-0.2, -0.15) is 4.31 Å². The number of hydrogen-bond donors (Lipinski definition) is 1. The number of rotatable bonds is 5. The SMILES string of the molecule is O=C(Nc1nnc(-c2ccc(F)cc2F)o1)C1CCCN(S(=O)(=O)c2cccs2)C1. The van der Waals surface area contributed by atoms with E-state index in [1.807, 2.05) is 0 Å². The number of carbonyl (C=O) groups is 1. The summed E-state index contributed by atoms with van der Waals surface area (Å²) < 4.78 is 59.1. The Balaban J connectivity index is 1.45. The van der Waals surface area contributed by atoms with E-state index in [-0.39, 0.29) is 28.2 Å². The lowest BCUT2D eigenvalue weighted by Gasteiger charge is -2.30. The standard InChI is InChI=1S/C18H16F2N4O4S2/c19-12-5-6-13(14(20)9-12)17-22-23-18(28-17)21-16(25)11-3-1-7-24(10-11)30(26,27)15-4-2-8-29-15/h2,4-6,8-9,11H,1,3,7,10H2,(H,21,23,25). The average Bonchev–Trinajstić information content (AvgIpc) is 3.41. The quantitative estimate of drug-likeness (QED) is 0.635. The summed E-state index contributed by atoms with van der Waals surface area (Å²) in [6.45, 7) is 0.359. The van der Waals surface area contributed by atoms with Crippen LogP contribution in [0.3, 0.4) is 0 Å². The molecule has 12 heteroatoms. The van der Waals surface area contributed by atoms with E-state index in [2.05, 4.69) is 15.5 Å². The highest BCUT2D eigenvalue weighted by atomic mass is 32.2. The van der Waals surface area contributed by atoms with Gasteiger partial charge in [-0.1, -0.05) is 11.2 Å². The van der Waals surface area contributed by atoms with Crippen LogP contribution in [0.1, 0.15) is 12.8 Å². The first-order valence-corrected chi connectivity index (χ1v) is 11.3. The van der Waals surface area contributed by atoms with Crippen LogP contribution in [0.25, 0.3) is 11.5 Å². The summed E-state index contributed by atoms with van der Waals surface area (Å²) in [7, 11) is -3.65. The maximum absolute atomic E-state index is 13.9. The zero-order valence-corrected chi connectivity index (χ0v) is 17.0. The topological polar surface area (TPSA) is 105 Å². The van der Waals surface area contributed by atoms with Gasteiger partial charge in [-0.3, -0.25) is 10.1 Å². The Kier molecular flexibility index (Phi) is 5.62. The second kappa shape index (κ2) is 8.20. The lowest BCUT2D eigenvalue weighted by Crippen LogP contribution is -2.43. The average molecular weight is 454 g/mol. The fourth-order valence-corrected chi connectivity index (χ4v) is 5.83. The zero-order valence-electron chi connectivity index (χ0n) is 15.4. The molecular weight excluding hydrogens is 438 g/mol. The van der Waals surface area contributed by atoms with Crippen LogP contribution in [-0.4, -0.2) is 41.9 Å². The van der Waals surface area contributed by atoms with Gasteiger partial charge in [-0.25, -0.2) is 17.2 Å². The van der Waals surface area contributed by atoms with E-state index in [9.17, 15) is 22.0 Å². The number of nitrogens with one attached hydrogen (secondary N) is 1. The Morgan fingerprint density at radius 3 is 2.83 bits per heavy atom. The van der Waals surface area contributed by atoms with Crippen molar-refractivity contribution in [3.63, 3.8) is 0 Å². The third-order valence-electron chi connectivity index (χ3n) is 4.66. The van der Waals surface area contributed by atoms with Gasteiger partial charge in [0.2, 0.25) is 5.91 Å². The monoisotopic (exact) mass is 454 g/mol. The van der Waals surface area contributed by atoms with E-state index in [0.717, 1.165) is 23.5 Å². The number of aromatic nitrogens is 2. The van der Waals surface area contributed by atoms with E-state index >= 15 is 0 Å². The van der Waals surface area contributed by atoms with Gasteiger partial charge >= 0.3 is 6.01 Å². The molecule has 3 aromatic rings. The van der Waals surface area contributed by atoms with Gasteiger partial charge in [0.15, 0.2) is 0 Å². The first-order chi connectivity index (χ1) is 14.3. The number of benzene rings is 1. The van der Waals surface area contributed by atoms with E-state index in [1.54, 1.807) is 11.4 Å². The fourth-order valence-electron chi connectivity index (χ4n) is 3.17. The molecule has 1 N–H and O–H groups in total. The van der Waals surface area contributed by atoms with Crippen molar-refractivity contribution in [3.05, 3.63) is 47.3 Å². The Labute approximate surface area is 174 Å². The zero-order chi connectivity index (χ0) is 21.3. The molecule has 0 saturated carbocycles. The summed E-state index contributed by atoms with van der Waals surface area (Å²) in [5, 5.41) is 11.4. The minimum atomic E-state index is -3.65. The molecular formula is C18H16F2N4O4S2. The van der Waals surface area contributed by atoms with E-state index in [4.69, 9.17) is 4.42 Å². The van der Waals surface area contributed by atoms with Crippen LogP contribution in [0.5, 0.6) is 0 Å². The molecule has 158 valence electrons. The number of nitrogens with zero attached hydrogens (tertiary/aromatic N) is 3. The molecule has 0 radical (unpaired) electrons. The Morgan fingerprint density at radius 2 is 2.10 bits per heavy atom. The van der Waals surface area contributed by atoms with Crippen LogP contribution in [0.2, 0.25) is 0 Å². The highest BCUT2D eigenvalue weighted by molar-refractivity contribution is 7.91. The van der Waals surface area contributed by atoms with Crippen molar-refractivity contribution < 1.29 is 26.4 Å². The van der Waals surface area contributed by atoms with Crippen LogP contribution in [0.4, 0.5) is 14.8 Å². The lowest BCUT2D eigenvalue weighted by molar-refractivity contribution is -0.121. The predicted octanol–water partition coefficient (Wildman–Crippen LogP) is 3.12. The van der Waals surface area contributed by atoms with Crippen LogP contribution in [-0.2, 0) is 14.8 Å². The normalized spacial score (nSPS) is 17.7. The van der Waals surface area contributed by atoms with Crippen molar-refractivity contribution >= 4 is 33.3 Å². The van der Waals surface area contributed by atoms with Crippen LogP contribution in [0.15, 0.2) is 44.3 Å². The van der Waals surface area contributed by atoms with Gasteiger partial charge in [-0.15, -0.1) is 16.4 Å². The van der Waals surface area contributed by atoms with Gasteiger partial charge in [0.25, 0.3) is 15.9 Å². The molecule has 30 heavy (non-hydrogen) atoms. The largest absolute Gasteiger partial charge is 0.403 e. The number of piperidine rings is 1. The molecule has 0 bridgehead atoms. The molecule has 1 aliphatic heterocycles. The van der Waals surface area contributed by atoms with Crippen LogP contribution < -0.4 is 5.32 Å². The second-order valence-corrected chi connectivity index (χ2v) is 9.77. The van der Waals surface area contributed by atoms with Gasteiger partial charge in [0.05, 0.1) is 11.5 Å². The van der Waals surface area contributed by atoms with E-state index in [0.29, 0.717) is 25.5 Å². The fraction of sp³-hybridized carbons (Fsp3) is 0.278. The van der Waals surface area contributed by atoms with Crippen LogP contribution in [0, 0.1) is 17.6 Å². The van der Waals surface area contributed by atoms with Gasteiger partial charge in [0, 0.05) is 19.2 Å². The first kappa shape index (κ1) is 20.6. The summed E-state index contributed by atoms with van der Waals surface area (Å²) in [5.74, 6) is -2.92. The van der Waals surface area contributed by atoms with Crippen molar-refractivity contribution in [1.29, 1.82) is 0 Å². The van der Waals surface area contributed by atoms with Gasteiger partial charge < -0.3 is 4.42 Å². The molecule has 2 aromatic heterocycles. The number of thiophene rings is 1. The molecule has 1 atom stereocenters. The highest BCUT2D eigenvalue weighted by Gasteiger charge is 2.34.